The second-order valence-electron chi connectivity index (χ2n) is 8.97. The molecule has 3 aromatic heterocycles. The summed E-state index contributed by atoms with van der Waals surface area (Å²) in [6.45, 7) is 6.48. The number of rotatable bonds is 6. The molecule has 0 amide bonds. The van der Waals surface area contributed by atoms with E-state index in [-0.39, 0.29) is 11.5 Å². The van der Waals surface area contributed by atoms with E-state index < -0.39 is 0 Å². The van der Waals surface area contributed by atoms with Crippen molar-refractivity contribution in [3.8, 4) is 11.3 Å². The Morgan fingerprint density at radius 3 is 2.49 bits per heavy atom. The lowest BCUT2D eigenvalue weighted by Crippen LogP contribution is -2.23. The maximum atomic E-state index is 13.0. The lowest BCUT2D eigenvalue weighted by molar-refractivity contribution is 0.571. The van der Waals surface area contributed by atoms with E-state index in [0.717, 1.165) is 17.5 Å². The third-order valence-corrected chi connectivity index (χ3v) is 7.51. The van der Waals surface area contributed by atoms with Crippen LogP contribution in [0.3, 0.4) is 0 Å². The zero-order valence-corrected chi connectivity index (χ0v) is 21.8. The fourth-order valence-corrected chi connectivity index (χ4v) is 5.15. The highest BCUT2D eigenvalue weighted by atomic mass is 35.5. The molecule has 5 aromatic rings. The molecule has 35 heavy (non-hydrogen) atoms. The highest BCUT2D eigenvalue weighted by Gasteiger charge is 2.18. The van der Waals surface area contributed by atoms with E-state index in [1.807, 2.05) is 18.2 Å². The molecule has 5 nitrogen and oxygen atoms in total. The third-order valence-electron chi connectivity index (χ3n) is 5.81. The first-order chi connectivity index (χ1) is 16.8. The van der Waals surface area contributed by atoms with Crippen LogP contribution in [0, 0.1) is 5.92 Å². The summed E-state index contributed by atoms with van der Waals surface area (Å²) in [4.78, 5) is 18.2. The predicted molar refractivity (Wildman–Crippen MR) is 143 cm³/mol. The van der Waals surface area contributed by atoms with Crippen molar-refractivity contribution >= 4 is 45.6 Å². The Hall–Kier alpha value is -2.93. The van der Waals surface area contributed by atoms with Gasteiger partial charge in [-0.25, -0.2) is 4.98 Å². The van der Waals surface area contributed by atoms with Gasteiger partial charge in [-0.3, -0.25) is 4.79 Å². The number of hydrogen-bond acceptors (Lipinski definition) is 5. The summed E-state index contributed by atoms with van der Waals surface area (Å²) < 4.78 is 7.79. The molecule has 0 bridgehead atoms. The van der Waals surface area contributed by atoms with E-state index in [2.05, 4.69) is 55.1 Å². The second-order valence-corrected chi connectivity index (χ2v) is 10.8. The fourth-order valence-electron chi connectivity index (χ4n) is 3.96. The highest BCUT2D eigenvalue weighted by molar-refractivity contribution is 7.15. The largest absolute Gasteiger partial charge is 0.457 e. The first-order valence-electron chi connectivity index (χ1n) is 11.3. The first-order valence-corrected chi connectivity index (χ1v) is 12.9. The average molecular weight is 524 g/mol. The Morgan fingerprint density at radius 1 is 1.03 bits per heavy atom. The molecular formula is C27H23Cl2N3O2S. The van der Waals surface area contributed by atoms with Crippen molar-refractivity contribution in [2.24, 2.45) is 5.92 Å². The van der Waals surface area contributed by atoms with Crippen LogP contribution >= 0.6 is 34.5 Å². The summed E-state index contributed by atoms with van der Waals surface area (Å²) >= 11 is 13.4. The molecule has 8 heteroatoms. The number of benzene rings is 2. The van der Waals surface area contributed by atoms with Gasteiger partial charge < -0.3 is 4.42 Å². The zero-order valence-electron chi connectivity index (χ0n) is 19.5. The first kappa shape index (κ1) is 23.8. The standard InChI is InChI=1S/C27H23Cl2N3O2S/c1-15(2)12-17-4-6-18(7-5-17)16(3)25-30-27-32(31-25)26(33)24(35-27)14-20-9-11-23(34-20)19-8-10-21(28)22(29)13-19/h4-11,13-16H,12H2,1-3H3/b24-14+. The number of aromatic nitrogens is 3. The number of thiazole rings is 1. The van der Waals surface area contributed by atoms with Crippen LogP contribution in [-0.2, 0) is 6.42 Å². The monoisotopic (exact) mass is 523 g/mol. The Morgan fingerprint density at radius 2 is 1.80 bits per heavy atom. The van der Waals surface area contributed by atoms with Crippen molar-refractivity contribution in [3.63, 3.8) is 0 Å². The van der Waals surface area contributed by atoms with Crippen LogP contribution in [0.5, 0.6) is 0 Å². The Bertz CT molecular complexity index is 1620. The Labute approximate surface area is 216 Å². The average Bonchev–Trinajstić information content (AvgIpc) is 3.53. The molecule has 0 aliphatic rings. The van der Waals surface area contributed by atoms with E-state index in [0.29, 0.717) is 42.8 Å². The highest BCUT2D eigenvalue weighted by Crippen LogP contribution is 2.30. The quantitative estimate of drug-likeness (QED) is 0.251. The van der Waals surface area contributed by atoms with E-state index in [4.69, 9.17) is 27.6 Å². The predicted octanol–water partition coefficient (Wildman–Crippen LogP) is 6.62. The number of furan rings is 1. The molecule has 0 saturated carbocycles. The minimum absolute atomic E-state index is 0.0131. The van der Waals surface area contributed by atoms with Gasteiger partial charge in [-0.15, -0.1) is 5.10 Å². The van der Waals surface area contributed by atoms with Gasteiger partial charge in [-0.2, -0.15) is 4.52 Å². The van der Waals surface area contributed by atoms with Crippen LogP contribution in [-0.4, -0.2) is 14.6 Å². The summed E-state index contributed by atoms with van der Waals surface area (Å²) in [6.07, 6.45) is 2.76. The van der Waals surface area contributed by atoms with Gasteiger partial charge in [0.15, 0.2) is 5.82 Å². The van der Waals surface area contributed by atoms with Crippen molar-refractivity contribution in [3.05, 3.63) is 102 Å². The summed E-state index contributed by atoms with van der Waals surface area (Å²) in [5.41, 5.74) is 3.04. The minimum atomic E-state index is -0.212. The van der Waals surface area contributed by atoms with Crippen molar-refractivity contribution in [1.82, 2.24) is 14.6 Å². The third kappa shape index (κ3) is 4.92. The van der Waals surface area contributed by atoms with Gasteiger partial charge in [0.2, 0.25) is 4.96 Å². The molecule has 0 aliphatic carbocycles. The number of hydrogen-bond donors (Lipinski definition) is 0. The molecule has 0 radical (unpaired) electrons. The van der Waals surface area contributed by atoms with Gasteiger partial charge in [0.05, 0.1) is 10.0 Å². The van der Waals surface area contributed by atoms with E-state index in [1.165, 1.54) is 21.4 Å². The molecule has 0 saturated heterocycles. The number of nitrogens with zero attached hydrogens (tertiary/aromatic N) is 3. The second kappa shape index (κ2) is 9.61. The molecule has 1 unspecified atom stereocenters. The number of halogens is 2. The zero-order chi connectivity index (χ0) is 24.7. The van der Waals surface area contributed by atoms with Gasteiger partial charge in [0.1, 0.15) is 16.1 Å². The van der Waals surface area contributed by atoms with Crippen LogP contribution in [0.4, 0.5) is 0 Å². The van der Waals surface area contributed by atoms with Crippen molar-refractivity contribution in [2.45, 2.75) is 33.1 Å². The normalized spacial score (nSPS) is 13.3. The summed E-state index contributed by atoms with van der Waals surface area (Å²) in [6, 6.07) is 17.5. The van der Waals surface area contributed by atoms with E-state index >= 15 is 0 Å². The van der Waals surface area contributed by atoms with Crippen LogP contribution < -0.4 is 10.1 Å². The molecular weight excluding hydrogens is 501 g/mol. The molecule has 2 aromatic carbocycles. The lowest BCUT2D eigenvalue weighted by Gasteiger charge is -2.10. The smallest absolute Gasteiger partial charge is 0.291 e. The van der Waals surface area contributed by atoms with Crippen molar-refractivity contribution in [2.75, 3.05) is 0 Å². The van der Waals surface area contributed by atoms with Gasteiger partial charge >= 0.3 is 0 Å². The molecule has 0 fully saturated rings. The van der Waals surface area contributed by atoms with Crippen molar-refractivity contribution in [1.29, 1.82) is 0 Å². The van der Waals surface area contributed by atoms with Gasteiger partial charge in [-0.05, 0) is 53.8 Å². The van der Waals surface area contributed by atoms with Crippen LogP contribution in [0.25, 0.3) is 22.4 Å². The Balaban J connectivity index is 1.40. The molecule has 3 heterocycles. The van der Waals surface area contributed by atoms with Gasteiger partial charge in [-0.1, -0.05) is 79.6 Å². The number of fused-ring (bicyclic) bond motifs is 1. The Kier molecular flexibility index (Phi) is 6.53. The SMILES string of the molecule is CC(C)Cc1ccc(C(C)c2nc3s/c(=C/c4ccc(-c5ccc(Cl)c(Cl)c5)o4)c(=O)n3n2)cc1. The maximum absolute atomic E-state index is 13.0. The van der Waals surface area contributed by atoms with E-state index in [1.54, 1.807) is 18.2 Å². The maximum Gasteiger partial charge on any atom is 0.291 e. The molecule has 1 atom stereocenters. The summed E-state index contributed by atoms with van der Waals surface area (Å²) in [5.74, 6) is 2.43. The van der Waals surface area contributed by atoms with Crippen LogP contribution in [0.2, 0.25) is 10.0 Å². The summed E-state index contributed by atoms with van der Waals surface area (Å²) in [5, 5.41) is 5.45. The summed E-state index contributed by atoms with van der Waals surface area (Å²) in [7, 11) is 0. The molecule has 0 aliphatic heterocycles. The van der Waals surface area contributed by atoms with Crippen LogP contribution in [0.15, 0.2) is 63.8 Å². The van der Waals surface area contributed by atoms with Gasteiger partial charge in [0.25, 0.3) is 5.56 Å². The minimum Gasteiger partial charge on any atom is -0.457 e. The van der Waals surface area contributed by atoms with E-state index in [9.17, 15) is 4.79 Å². The van der Waals surface area contributed by atoms with Gasteiger partial charge in [0, 0.05) is 17.6 Å². The topological polar surface area (TPSA) is 60.4 Å². The molecule has 178 valence electrons. The molecule has 0 N–H and O–H groups in total. The fraction of sp³-hybridized carbons (Fsp3) is 0.222. The molecule has 5 rings (SSSR count). The van der Waals surface area contributed by atoms with Crippen LogP contribution in [0.1, 0.15) is 49.4 Å². The lowest BCUT2D eigenvalue weighted by atomic mass is 9.96. The van der Waals surface area contributed by atoms with Crippen molar-refractivity contribution < 1.29 is 4.42 Å². The molecule has 0 spiro atoms.